The fourth-order valence-electron chi connectivity index (χ4n) is 1.17. The van der Waals surface area contributed by atoms with Gasteiger partial charge in [-0.05, 0) is 32.8 Å². The maximum atomic E-state index is 11.6. The van der Waals surface area contributed by atoms with E-state index in [1.807, 2.05) is 19.9 Å². The van der Waals surface area contributed by atoms with Crippen LogP contribution in [0.2, 0.25) is 0 Å². The fraction of sp³-hybridized carbons (Fsp3) is 0.556. The Morgan fingerprint density at radius 3 is 2.62 bits per heavy atom. The van der Waals surface area contributed by atoms with Crippen LogP contribution in [-0.4, -0.2) is 14.5 Å². The molecular formula is C9H17NO2S. The Kier molecular flexibility index (Phi) is 3.27. The Hall–Kier alpha value is -0.610. The smallest absolute Gasteiger partial charge is 0.209 e. The summed E-state index contributed by atoms with van der Waals surface area (Å²) in [5, 5.41) is 0. The van der Waals surface area contributed by atoms with Crippen LogP contribution in [-0.2, 0) is 10.0 Å². The molecule has 1 rings (SSSR count). The lowest BCUT2D eigenvalue weighted by atomic mass is 10.2. The van der Waals surface area contributed by atoms with Gasteiger partial charge in [-0.3, -0.25) is 0 Å². The first kappa shape index (κ1) is 10.5. The molecule has 0 aliphatic heterocycles. The fourth-order valence-corrected chi connectivity index (χ4v) is 2.54. The molecule has 3 nitrogen and oxygen atoms in total. The quantitative estimate of drug-likeness (QED) is 0.760. The second-order valence-corrected chi connectivity index (χ2v) is 5.08. The van der Waals surface area contributed by atoms with Crippen LogP contribution >= 0.6 is 0 Å². The van der Waals surface area contributed by atoms with Crippen molar-refractivity contribution in [2.75, 3.05) is 0 Å². The first-order chi connectivity index (χ1) is 6.02. The Bertz CT molecular complexity index is 331. The molecule has 1 aliphatic carbocycles. The minimum Gasteiger partial charge on any atom is -0.209 e. The zero-order valence-electron chi connectivity index (χ0n) is 7.95. The second kappa shape index (κ2) is 4.07. The van der Waals surface area contributed by atoms with E-state index in [9.17, 15) is 8.42 Å². The van der Waals surface area contributed by atoms with Gasteiger partial charge in [0.25, 0.3) is 0 Å². The van der Waals surface area contributed by atoms with Crippen molar-refractivity contribution in [1.82, 2.24) is 4.72 Å². The van der Waals surface area contributed by atoms with Gasteiger partial charge in [0.1, 0.15) is 0 Å². The van der Waals surface area contributed by atoms with E-state index >= 15 is 0 Å². The summed E-state index contributed by atoms with van der Waals surface area (Å²) in [5.41, 5.74) is 0. The van der Waals surface area contributed by atoms with Crippen molar-refractivity contribution in [3.8, 4) is 0 Å². The highest BCUT2D eigenvalue weighted by atomic mass is 32.2. The molecule has 0 saturated carbocycles. The monoisotopic (exact) mass is 203 g/mol. The standard InChI is InChI=1S/C9H15NO2S.H2/c1-8(2)10-13(11,12)9-6-4-3-5-7-9;/h4,6-8,10H,3,5H2,1-2H3;1H. The third-order valence-electron chi connectivity index (χ3n) is 1.66. The topological polar surface area (TPSA) is 46.2 Å². The number of nitrogens with one attached hydrogen (secondary N) is 1. The van der Waals surface area contributed by atoms with E-state index in [0.717, 1.165) is 12.8 Å². The first-order valence-corrected chi connectivity index (χ1v) is 5.90. The molecule has 0 aromatic heterocycles. The van der Waals surface area contributed by atoms with Crippen LogP contribution in [0.15, 0.2) is 23.1 Å². The van der Waals surface area contributed by atoms with E-state index in [1.54, 1.807) is 12.2 Å². The molecule has 0 amide bonds. The van der Waals surface area contributed by atoms with Crippen molar-refractivity contribution in [2.24, 2.45) is 0 Å². The molecule has 0 aromatic carbocycles. The maximum absolute atomic E-state index is 11.6. The molecule has 1 aliphatic rings. The van der Waals surface area contributed by atoms with Crippen molar-refractivity contribution in [2.45, 2.75) is 32.7 Å². The first-order valence-electron chi connectivity index (χ1n) is 4.41. The van der Waals surface area contributed by atoms with Gasteiger partial charge in [-0.15, -0.1) is 0 Å². The third kappa shape index (κ3) is 2.97. The number of sulfonamides is 1. The van der Waals surface area contributed by atoms with Gasteiger partial charge in [0.2, 0.25) is 10.0 Å². The summed E-state index contributed by atoms with van der Waals surface area (Å²) in [6, 6.07) is -0.0544. The zero-order chi connectivity index (χ0) is 9.90. The van der Waals surface area contributed by atoms with E-state index < -0.39 is 10.0 Å². The SMILES string of the molecule is CC(C)NS(=O)(=O)C1=CCCC=C1.[HH]. The van der Waals surface area contributed by atoms with Crippen molar-refractivity contribution < 1.29 is 9.84 Å². The average Bonchev–Trinajstić information content (AvgIpc) is 2.04. The predicted octanol–water partition coefficient (Wildman–Crippen LogP) is 1.79. The normalized spacial score (nSPS) is 17.6. The van der Waals surface area contributed by atoms with Gasteiger partial charge in [-0.25, -0.2) is 13.1 Å². The molecule has 0 radical (unpaired) electrons. The highest BCUT2D eigenvalue weighted by Crippen LogP contribution is 2.14. The van der Waals surface area contributed by atoms with Gasteiger partial charge < -0.3 is 0 Å². The van der Waals surface area contributed by atoms with Crippen molar-refractivity contribution >= 4 is 10.0 Å². The van der Waals surface area contributed by atoms with E-state index in [0.29, 0.717) is 4.91 Å². The summed E-state index contributed by atoms with van der Waals surface area (Å²) in [6.07, 6.45) is 7.04. The number of rotatable bonds is 3. The summed E-state index contributed by atoms with van der Waals surface area (Å²) in [4.78, 5) is 0.396. The minimum atomic E-state index is -3.26. The van der Waals surface area contributed by atoms with Gasteiger partial charge in [0, 0.05) is 7.47 Å². The Balaban J connectivity index is 0.00000169. The molecule has 0 aromatic rings. The molecule has 0 heterocycles. The molecule has 4 heteroatoms. The summed E-state index contributed by atoms with van der Waals surface area (Å²) >= 11 is 0. The summed E-state index contributed by atoms with van der Waals surface area (Å²) < 4.78 is 25.7. The highest BCUT2D eigenvalue weighted by Gasteiger charge is 2.16. The van der Waals surface area contributed by atoms with Crippen LogP contribution in [0.1, 0.15) is 28.1 Å². The average molecular weight is 203 g/mol. The lowest BCUT2D eigenvalue weighted by Gasteiger charge is -2.11. The molecule has 0 bridgehead atoms. The van der Waals surface area contributed by atoms with Crippen LogP contribution in [0.4, 0.5) is 0 Å². The van der Waals surface area contributed by atoms with Gasteiger partial charge in [0.05, 0.1) is 4.91 Å². The van der Waals surface area contributed by atoms with E-state index in [4.69, 9.17) is 0 Å². The largest absolute Gasteiger partial charge is 0.240 e. The second-order valence-electron chi connectivity index (χ2n) is 3.36. The minimum absolute atomic E-state index is 0. The van der Waals surface area contributed by atoms with Crippen LogP contribution in [0.5, 0.6) is 0 Å². The Morgan fingerprint density at radius 1 is 1.46 bits per heavy atom. The number of allylic oxidation sites excluding steroid dienone is 3. The van der Waals surface area contributed by atoms with Crippen molar-refractivity contribution in [3.05, 3.63) is 23.1 Å². The maximum Gasteiger partial charge on any atom is 0.240 e. The Labute approximate surface area is 81.1 Å². The van der Waals surface area contributed by atoms with E-state index in [-0.39, 0.29) is 7.47 Å². The van der Waals surface area contributed by atoms with Gasteiger partial charge in [-0.1, -0.05) is 12.2 Å². The molecule has 0 spiro atoms. The zero-order valence-corrected chi connectivity index (χ0v) is 8.76. The summed E-state index contributed by atoms with van der Waals surface area (Å²) in [6.45, 7) is 3.62. The van der Waals surface area contributed by atoms with Crippen LogP contribution in [0.3, 0.4) is 0 Å². The van der Waals surface area contributed by atoms with Crippen LogP contribution < -0.4 is 4.72 Å². The van der Waals surface area contributed by atoms with Gasteiger partial charge in [-0.2, -0.15) is 0 Å². The number of hydrogen-bond donors (Lipinski definition) is 1. The molecule has 0 unspecified atom stereocenters. The highest BCUT2D eigenvalue weighted by molar-refractivity contribution is 7.93. The van der Waals surface area contributed by atoms with E-state index in [2.05, 4.69) is 4.72 Å². The van der Waals surface area contributed by atoms with Crippen molar-refractivity contribution in [1.29, 1.82) is 0 Å². The molecule has 0 saturated heterocycles. The van der Waals surface area contributed by atoms with Crippen molar-refractivity contribution in [3.63, 3.8) is 0 Å². The molecule has 13 heavy (non-hydrogen) atoms. The van der Waals surface area contributed by atoms with Crippen LogP contribution in [0.25, 0.3) is 0 Å². The molecule has 1 N–H and O–H groups in total. The molecule has 0 fully saturated rings. The third-order valence-corrected chi connectivity index (χ3v) is 3.37. The summed E-state index contributed by atoms with van der Waals surface area (Å²) in [5.74, 6) is 0. The van der Waals surface area contributed by atoms with Crippen LogP contribution in [0, 0.1) is 0 Å². The molecule has 76 valence electrons. The molecule has 0 atom stereocenters. The summed E-state index contributed by atoms with van der Waals surface area (Å²) in [7, 11) is -3.26. The van der Waals surface area contributed by atoms with Gasteiger partial charge >= 0.3 is 0 Å². The lowest BCUT2D eigenvalue weighted by Crippen LogP contribution is -2.31. The lowest BCUT2D eigenvalue weighted by molar-refractivity contribution is 0.577. The predicted molar refractivity (Wildman–Crippen MR) is 55.8 cm³/mol. The van der Waals surface area contributed by atoms with Gasteiger partial charge in [0.15, 0.2) is 0 Å². The van der Waals surface area contributed by atoms with E-state index in [1.165, 1.54) is 0 Å². The number of hydrogen-bond acceptors (Lipinski definition) is 2. The Morgan fingerprint density at radius 2 is 2.15 bits per heavy atom. The molecular weight excluding hydrogens is 186 g/mol.